The number of nitrogens with one attached hydrogen (secondary N) is 1. The molecule has 0 aliphatic rings. The van der Waals surface area contributed by atoms with Crippen LogP contribution in [0.2, 0.25) is 10.0 Å². The largest absolute Gasteiger partial charge is 0.495 e. The number of hydrogen-bond acceptors (Lipinski definition) is 2. The molecule has 0 saturated heterocycles. The molecule has 2 rings (SSSR count). The summed E-state index contributed by atoms with van der Waals surface area (Å²) in [7, 11) is 3.36. The van der Waals surface area contributed by atoms with Gasteiger partial charge in [0.05, 0.1) is 23.2 Å². The van der Waals surface area contributed by atoms with Crippen molar-refractivity contribution < 1.29 is 9.13 Å². The highest BCUT2D eigenvalue weighted by molar-refractivity contribution is 6.32. The van der Waals surface area contributed by atoms with Gasteiger partial charge in [-0.25, -0.2) is 4.39 Å². The molecule has 0 heterocycles. The molecule has 2 nitrogen and oxygen atoms in total. The molecular formula is C15H14Cl2FNO. The van der Waals surface area contributed by atoms with E-state index >= 15 is 0 Å². The van der Waals surface area contributed by atoms with Crippen LogP contribution in [-0.2, 0) is 0 Å². The van der Waals surface area contributed by atoms with E-state index < -0.39 is 5.82 Å². The number of hydrogen-bond donors (Lipinski definition) is 1. The zero-order valence-corrected chi connectivity index (χ0v) is 12.6. The third kappa shape index (κ3) is 3.06. The maximum atomic E-state index is 13.6. The molecule has 0 saturated carbocycles. The second-order valence-corrected chi connectivity index (χ2v) is 5.10. The fraction of sp³-hybridized carbons (Fsp3) is 0.200. The second-order valence-electron chi connectivity index (χ2n) is 4.29. The first-order valence-electron chi connectivity index (χ1n) is 6.02. The molecule has 0 amide bonds. The van der Waals surface area contributed by atoms with Crippen LogP contribution in [-0.4, -0.2) is 14.2 Å². The molecule has 0 aliphatic heterocycles. The van der Waals surface area contributed by atoms with Crippen molar-refractivity contribution >= 4 is 23.2 Å². The minimum Gasteiger partial charge on any atom is -0.495 e. The molecule has 2 aromatic rings. The van der Waals surface area contributed by atoms with Gasteiger partial charge < -0.3 is 10.1 Å². The third-order valence-corrected chi connectivity index (χ3v) is 3.68. The quantitative estimate of drug-likeness (QED) is 0.900. The molecule has 106 valence electrons. The number of rotatable bonds is 4. The van der Waals surface area contributed by atoms with E-state index in [1.54, 1.807) is 38.4 Å². The molecule has 1 unspecified atom stereocenters. The lowest BCUT2D eigenvalue weighted by Gasteiger charge is -2.18. The van der Waals surface area contributed by atoms with E-state index in [2.05, 4.69) is 5.32 Å². The van der Waals surface area contributed by atoms with Crippen molar-refractivity contribution in [2.75, 3.05) is 14.2 Å². The Morgan fingerprint density at radius 2 is 1.70 bits per heavy atom. The summed E-state index contributed by atoms with van der Waals surface area (Å²) in [5.74, 6) is 0.164. The van der Waals surface area contributed by atoms with Gasteiger partial charge in [-0.1, -0.05) is 35.3 Å². The Kier molecular flexibility index (Phi) is 4.86. The Morgan fingerprint density at radius 1 is 1.05 bits per heavy atom. The molecule has 0 spiro atoms. The van der Waals surface area contributed by atoms with Crippen LogP contribution in [0.25, 0.3) is 0 Å². The van der Waals surface area contributed by atoms with Crippen molar-refractivity contribution in [1.29, 1.82) is 0 Å². The zero-order valence-electron chi connectivity index (χ0n) is 11.1. The summed E-state index contributed by atoms with van der Waals surface area (Å²) in [6.45, 7) is 0. The minimum atomic E-state index is -0.441. The van der Waals surface area contributed by atoms with Crippen molar-refractivity contribution in [3.05, 3.63) is 63.4 Å². The first kappa shape index (κ1) is 15.1. The molecule has 0 fully saturated rings. The summed E-state index contributed by atoms with van der Waals surface area (Å²) >= 11 is 11.8. The van der Waals surface area contributed by atoms with Crippen LogP contribution in [0.1, 0.15) is 17.2 Å². The van der Waals surface area contributed by atoms with Gasteiger partial charge >= 0.3 is 0 Å². The van der Waals surface area contributed by atoms with Gasteiger partial charge in [-0.3, -0.25) is 0 Å². The minimum absolute atomic E-state index is 0.108. The van der Waals surface area contributed by atoms with Crippen LogP contribution in [0, 0.1) is 5.82 Å². The molecule has 5 heteroatoms. The van der Waals surface area contributed by atoms with Gasteiger partial charge in [0.25, 0.3) is 0 Å². The predicted octanol–water partition coefficient (Wildman–Crippen LogP) is 4.45. The Labute approximate surface area is 127 Å². The number of ether oxygens (including phenoxy) is 1. The van der Waals surface area contributed by atoms with Crippen molar-refractivity contribution in [2.45, 2.75) is 6.04 Å². The van der Waals surface area contributed by atoms with Crippen molar-refractivity contribution in [2.24, 2.45) is 0 Å². The maximum absolute atomic E-state index is 13.6. The van der Waals surface area contributed by atoms with Crippen LogP contribution in [0.15, 0.2) is 36.4 Å². The monoisotopic (exact) mass is 313 g/mol. The lowest BCUT2D eigenvalue weighted by atomic mass is 9.98. The molecule has 0 radical (unpaired) electrons. The average molecular weight is 314 g/mol. The lowest BCUT2D eigenvalue weighted by Crippen LogP contribution is -2.17. The van der Waals surface area contributed by atoms with E-state index in [9.17, 15) is 4.39 Å². The Balaban J connectivity index is 2.41. The summed E-state index contributed by atoms with van der Waals surface area (Å²) in [5.41, 5.74) is 1.69. The number of benzene rings is 2. The predicted molar refractivity (Wildman–Crippen MR) is 80.3 cm³/mol. The lowest BCUT2D eigenvalue weighted by molar-refractivity contribution is 0.414. The highest BCUT2D eigenvalue weighted by Crippen LogP contribution is 2.31. The summed E-state index contributed by atoms with van der Waals surface area (Å²) in [6, 6.07) is 10.0. The molecule has 2 aromatic carbocycles. The molecule has 0 aliphatic carbocycles. The zero-order chi connectivity index (χ0) is 14.7. The van der Waals surface area contributed by atoms with Crippen molar-refractivity contribution in [3.63, 3.8) is 0 Å². The van der Waals surface area contributed by atoms with Crippen molar-refractivity contribution in [3.8, 4) is 5.75 Å². The first-order valence-corrected chi connectivity index (χ1v) is 6.78. The normalized spacial score (nSPS) is 12.2. The summed E-state index contributed by atoms with van der Waals surface area (Å²) in [5, 5.41) is 3.76. The SMILES string of the molecule is CNC(c1ccc(Cl)c(F)c1)c1ccc(OC)c(Cl)c1. The smallest absolute Gasteiger partial charge is 0.142 e. The number of halogens is 3. The third-order valence-electron chi connectivity index (χ3n) is 3.07. The van der Waals surface area contributed by atoms with Gasteiger partial charge in [-0.2, -0.15) is 0 Å². The molecule has 20 heavy (non-hydrogen) atoms. The van der Waals surface area contributed by atoms with Crippen LogP contribution in [0.4, 0.5) is 4.39 Å². The fourth-order valence-corrected chi connectivity index (χ4v) is 2.46. The average Bonchev–Trinajstić information content (AvgIpc) is 2.44. The van der Waals surface area contributed by atoms with Crippen LogP contribution in [0.3, 0.4) is 0 Å². The highest BCUT2D eigenvalue weighted by atomic mass is 35.5. The van der Waals surface area contributed by atoms with Gasteiger partial charge in [-0.05, 0) is 42.4 Å². The molecule has 0 bridgehead atoms. The fourth-order valence-electron chi connectivity index (χ4n) is 2.08. The summed E-state index contributed by atoms with van der Waals surface area (Å²) < 4.78 is 18.7. The van der Waals surface area contributed by atoms with E-state index in [0.29, 0.717) is 10.8 Å². The van der Waals surface area contributed by atoms with E-state index in [-0.39, 0.29) is 11.1 Å². The van der Waals surface area contributed by atoms with Gasteiger partial charge in [0, 0.05) is 0 Å². The number of methoxy groups -OCH3 is 1. The Bertz CT molecular complexity index is 619. The van der Waals surface area contributed by atoms with Gasteiger partial charge in [-0.15, -0.1) is 0 Å². The van der Waals surface area contributed by atoms with Crippen molar-refractivity contribution in [1.82, 2.24) is 5.32 Å². The van der Waals surface area contributed by atoms with Gasteiger partial charge in [0.15, 0.2) is 0 Å². The van der Waals surface area contributed by atoms with Crippen LogP contribution < -0.4 is 10.1 Å². The second kappa shape index (κ2) is 6.44. The topological polar surface area (TPSA) is 21.3 Å². The molecule has 1 atom stereocenters. The Morgan fingerprint density at radius 3 is 2.25 bits per heavy atom. The summed E-state index contributed by atoms with van der Waals surface area (Å²) in [6.07, 6.45) is 0. The maximum Gasteiger partial charge on any atom is 0.142 e. The Hall–Kier alpha value is -1.29. The van der Waals surface area contributed by atoms with Crippen LogP contribution in [0.5, 0.6) is 5.75 Å². The van der Waals surface area contributed by atoms with E-state index in [0.717, 1.165) is 11.1 Å². The van der Waals surface area contributed by atoms with E-state index in [4.69, 9.17) is 27.9 Å². The molecule has 1 N–H and O–H groups in total. The van der Waals surface area contributed by atoms with Gasteiger partial charge in [0.1, 0.15) is 11.6 Å². The van der Waals surface area contributed by atoms with E-state index in [1.165, 1.54) is 6.07 Å². The first-order chi connectivity index (χ1) is 9.56. The molecular weight excluding hydrogens is 300 g/mol. The van der Waals surface area contributed by atoms with E-state index in [1.807, 2.05) is 6.07 Å². The van der Waals surface area contributed by atoms with Gasteiger partial charge in [0.2, 0.25) is 0 Å². The highest BCUT2D eigenvalue weighted by Gasteiger charge is 2.15. The molecule has 0 aromatic heterocycles. The van der Waals surface area contributed by atoms with Crippen LogP contribution >= 0.6 is 23.2 Å². The standard InChI is InChI=1S/C15H14Cl2FNO/c1-19-15(10-3-5-11(16)13(18)8-10)9-4-6-14(20-2)12(17)7-9/h3-8,15,19H,1-2H3. The summed E-state index contributed by atoms with van der Waals surface area (Å²) in [4.78, 5) is 0.